The molecule has 0 radical (unpaired) electrons. The number of carbonyl (C=O) groups is 2. The first-order valence-corrected chi connectivity index (χ1v) is 10.1. The van der Waals surface area contributed by atoms with Gasteiger partial charge in [-0.15, -0.1) is 0 Å². The molecule has 0 aromatic heterocycles. The summed E-state index contributed by atoms with van der Waals surface area (Å²) in [5.41, 5.74) is -0.577. The molecule has 0 saturated carbocycles. The highest BCUT2D eigenvalue weighted by Crippen LogP contribution is 2.40. The largest absolute Gasteiger partial charge is 0.507 e. The predicted molar refractivity (Wildman–Crippen MR) is 114 cm³/mol. The van der Waals surface area contributed by atoms with E-state index in [0.29, 0.717) is 13.0 Å². The Morgan fingerprint density at radius 3 is 2.59 bits per heavy atom. The minimum absolute atomic E-state index is 0.0123. The summed E-state index contributed by atoms with van der Waals surface area (Å²) in [7, 11) is 0. The Labute approximate surface area is 184 Å². The van der Waals surface area contributed by atoms with Crippen molar-refractivity contribution in [2.45, 2.75) is 32.4 Å². The second kappa shape index (κ2) is 9.69. The zero-order chi connectivity index (χ0) is 23.4. The van der Waals surface area contributed by atoms with E-state index in [1.54, 1.807) is 6.07 Å². The van der Waals surface area contributed by atoms with Crippen LogP contribution < -0.4 is 0 Å². The number of nitrogens with zero attached hydrogens (tertiary/aromatic N) is 2. The van der Waals surface area contributed by atoms with Gasteiger partial charge in [-0.2, -0.15) is 0 Å². The number of amides is 1. The highest BCUT2D eigenvalue weighted by atomic mass is 19.1. The Morgan fingerprint density at radius 2 is 1.94 bits per heavy atom. The summed E-state index contributed by atoms with van der Waals surface area (Å²) >= 11 is 0. The number of benzene rings is 2. The van der Waals surface area contributed by atoms with E-state index in [0.717, 1.165) is 6.07 Å². The molecule has 1 fully saturated rings. The number of nitro groups is 1. The van der Waals surface area contributed by atoms with Gasteiger partial charge in [-0.25, -0.2) is 4.39 Å². The Kier molecular flexibility index (Phi) is 6.99. The SMILES string of the molecule is CC(C)OCCCN1C(=O)C(=O)/C(=C(/O)c2cccc([N+](=O)[O-])c2)C1c1ccccc1F. The lowest BCUT2D eigenvalue weighted by Gasteiger charge is -2.25. The second-order valence-corrected chi connectivity index (χ2v) is 7.59. The topological polar surface area (TPSA) is 110 Å². The van der Waals surface area contributed by atoms with Gasteiger partial charge in [-0.05, 0) is 26.3 Å². The van der Waals surface area contributed by atoms with Gasteiger partial charge in [-0.1, -0.05) is 30.3 Å². The third-order valence-corrected chi connectivity index (χ3v) is 5.06. The molecule has 8 nitrogen and oxygen atoms in total. The number of aliphatic hydroxyl groups is 1. The van der Waals surface area contributed by atoms with Gasteiger partial charge in [0.1, 0.15) is 11.6 Å². The fourth-order valence-corrected chi connectivity index (χ4v) is 3.61. The molecular weight excluding hydrogens is 419 g/mol. The van der Waals surface area contributed by atoms with Crippen molar-refractivity contribution in [2.24, 2.45) is 0 Å². The van der Waals surface area contributed by atoms with E-state index in [1.165, 1.54) is 41.3 Å². The Hall–Kier alpha value is -3.59. The number of non-ortho nitro benzene ring substituents is 1. The Bertz CT molecular complexity index is 1080. The van der Waals surface area contributed by atoms with Gasteiger partial charge in [0.05, 0.1) is 22.6 Å². The van der Waals surface area contributed by atoms with Crippen LogP contribution in [0.1, 0.15) is 37.4 Å². The fraction of sp³-hybridized carbons (Fsp3) is 0.304. The maximum absolute atomic E-state index is 14.7. The molecule has 2 aromatic rings. The molecule has 2 aromatic carbocycles. The van der Waals surface area contributed by atoms with Crippen molar-refractivity contribution in [1.82, 2.24) is 4.90 Å². The molecule has 1 atom stereocenters. The smallest absolute Gasteiger partial charge is 0.295 e. The van der Waals surface area contributed by atoms with Crippen LogP contribution in [0.3, 0.4) is 0 Å². The molecule has 3 rings (SSSR count). The number of hydrogen-bond acceptors (Lipinski definition) is 6. The summed E-state index contributed by atoms with van der Waals surface area (Å²) in [6.07, 6.45) is 0.383. The van der Waals surface area contributed by atoms with Crippen LogP contribution in [-0.2, 0) is 14.3 Å². The minimum atomic E-state index is -1.17. The van der Waals surface area contributed by atoms with Crippen molar-refractivity contribution in [3.8, 4) is 0 Å². The lowest BCUT2D eigenvalue weighted by Crippen LogP contribution is -2.31. The second-order valence-electron chi connectivity index (χ2n) is 7.59. The summed E-state index contributed by atoms with van der Waals surface area (Å²) in [5, 5.41) is 22.0. The van der Waals surface area contributed by atoms with Crippen LogP contribution in [0.25, 0.3) is 5.76 Å². The summed E-state index contributed by atoms with van der Waals surface area (Å²) in [6.45, 7) is 4.16. The number of likely N-dealkylation sites (tertiary alicyclic amines) is 1. The standard InChI is InChI=1S/C23H23FN2O6/c1-14(2)32-12-6-11-25-20(17-9-3-4-10-18(17)24)19(22(28)23(25)29)21(27)15-7-5-8-16(13-15)26(30)31/h3-5,7-10,13-14,20,27H,6,11-12H2,1-2H3/b21-19+. The number of aliphatic hydroxyl groups excluding tert-OH is 1. The van der Waals surface area contributed by atoms with Crippen molar-refractivity contribution < 1.29 is 28.7 Å². The minimum Gasteiger partial charge on any atom is -0.507 e. The Balaban J connectivity index is 2.08. The molecule has 1 aliphatic heterocycles. The lowest BCUT2D eigenvalue weighted by molar-refractivity contribution is -0.384. The van der Waals surface area contributed by atoms with Crippen LogP contribution in [0.15, 0.2) is 54.1 Å². The van der Waals surface area contributed by atoms with Crippen LogP contribution >= 0.6 is 0 Å². The number of hydrogen-bond donors (Lipinski definition) is 1. The van der Waals surface area contributed by atoms with Gasteiger partial charge in [0.25, 0.3) is 17.4 Å². The van der Waals surface area contributed by atoms with E-state index in [9.17, 15) is 29.2 Å². The lowest BCUT2D eigenvalue weighted by atomic mass is 9.94. The number of ether oxygens (including phenoxy) is 1. The summed E-state index contributed by atoms with van der Waals surface area (Å²) in [6, 6.07) is 9.56. The fourth-order valence-electron chi connectivity index (χ4n) is 3.61. The number of ketones is 1. The van der Waals surface area contributed by atoms with Crippen LogP contribution in [0.5, 0.6) is 0 Å². The monoisotopic (exact) mass is 442 g/mol. The van der Waals surface area contributed by atoms with Gasteiger partial charge < -0.3 is 14.7 Å². The molecule has 0 aliphatic carbocycles. The molecule has 1 aliphatic rings. The third kappa shape index (κ3) is 4.67. The first-order chi connectivity index (χ1) is 15.2. The zero-order valence-corrected chi connectivity index (χ0v) is 17.7. The van der Waals surface area contributed by atoms with E-state index in [-0.39, 0.29) is 35.0 Å². The average Bonchev–Trinajstić information content (AvgIpc) is 3.01. The van der Waals surface area contributed by atoms with Gasteiger partial charge in [-0.3, -0.25) is 19.7 Å². The van der Waals surface area contributed by atoms with Crippen molar-refractivity contribution in [3.63, 3.8) is 0 Å². The molecule has 0 bridgehead atoms. The van der Waals surface area contributed by atoms with Crippen LogP contribution in [0.4, 0.5) is 10.1 Å². The highest BCUT2D eigenvalue weighted by Gasteiger charge is 2.46. The number of nitro benzene ring substituents is 1. The molecule has 1 saturated heterocycles. The molecule has 9 heteroatoms. The molecular formula is C23H23FN2O6. The van der Waals surface area contributed by atoms with Gasteiger partial charge in [0, 0.05) is 36.4 Å². The summed E-state index contributed by atoms with van der Waals surface area (Å²) in [5.74, 6) is -3.10. The molecule has 32 heavy (non-hydrogen) atoms. The number of rotatable bonds is 8. The van der Waals surface area contributed by atoms with E-state index < -0.39 is 34.2 Å². The van der Waals surface area contributed by atoms with E-state index in [4.69, 9.17) is 4.74 Å². The van der Waals surface area contributed by atoms with Crippen LogP contribution in [-0.4, -0.2) is 45.9 Å². The van der Waals surface area contributed by atoms with E-state index in [1.807, 2.05) is 13.8 Å². The zero-order valence-electron chi connectivity index (χ0n) is 17.7. The highest BCUT2D eigenvalue weighted by molar-refractivity contribution is 6.46. The van der Waals surface area contributed by atoms with E-state index in [2.05, 4.69) is 0 Å². The van der Waals surface area contributed by atoms with Crippen LogP contribution in [0, 0.1) is 15.9 Å². The van der Waals surface area contributed by atoms with Gasteiger partial charge >= 0.3 is 0 Å². The Morgan fingerprint density at radius 1 is 1.22 bits per heavy atom. The van der Waals surface area contributed by atoms with Crippen molar-refractivity contribution in [1.29, 1.82) is 0 Å². The number of Topliss-reactive ketones (excluding diaryl/α,β-unsaturated/α-hetero) is 1. The first kappa shape index (κ1) is 23.1. The van der Waals surface area contributed by atoms with Crippen molar-refractivity contribution in [2.75, 3.05) is 13.2 Å². The molecule has 168 valence electrons. The molecule has 0 spiro atoms. The quantitative estimate of drug-likeness (QED) is 0.165. The predicted octanol–water partition coefficient (Wildman–Crippen LogP) is 3.97. The summed E-state index contributed by atoms with van der Waals surface area (Å²) < 4.78 is 20.2. The molecule has 1 amide bonds. The molecule has 1 N–H and O–H groups in total. The number of carbonyl (C=O) groups excluding carboxylic acids is 2. The average molecular weight is 442 g/mol. The van der Waals surface area contributed by atoms with E-state index >= 15 is 0 Å². The molecule has 1 heterocycles. The van der Waals surface area contributed by atoms with Crippen molar-refractivity contribution in [3.05, 3.63) is 81.2 Å². The number of halogens is 1. The van der Waals surface area contributed by atoms with Gasteiger partial charge in [0.2, 0.25) is 0 Å². The summed E-state index contributed by atoms with van der Waals surface area (Å²) in [4.78, 5) is 37.4. The van der Waals surface area contributed by atoms with Crippen molar-refractivity contribution >= 4 is 23.1 Å². The normalized spacial score (nSPS) is 17.9. The first-order valence-electron chi connectivity index (χ1n) is 10.1. The third-order valence-electron chi connectivity index (χ3n) is 5.06. The van der Waals surface area contributed by atoms with Crippen LogP contribution in [0.2, 0.25) is 0 Å². The maximum Gasteiger partial charge on any atom is 0.295 e. The molecule has 1 unspecified atom stereocenters. The van der Waals surface area contributed by atoms with Gasteiger partial charge in [0.15, 0.2) is 0 Å². The maximum atomic E-state index is 14.7.